The van der Waals surface area contributed by atoms with Crippen molar-refractivity contribution in [3.8, 4) is 0 Å². The van der Waals surface area contributed by atoms with Gasteiger partial charge in [0.2, 0.25) is 0 Å². The van der Waals surface area contributed by atoms with Crippen LogP contribution >= 0.6 is 39.7 Å². The molecular formula is C15H14BrClN2S. The van der Waals surface area contributed by atoms with Crippen LogP contribution in [0.1, 0.15) is 11.1 Å². The van der Waals surface area contributed by atoms with Gasteiger partial charge < -0.3 is 11.1 Å². The summed E-state index contributed by atoms with van der Waals surface area (Å²) >= 11 is 14.4. The van der Waals surface area contributed by atoms with Crippen LogP contribution in [0.25, 0.3) is 0 Å². The molecule has 0 fully saturated rings. The van der Waals surface area contributed by atoms with Crippen molar-refractivity contribution in [2.75, 3.05) is 11.9 Å². The monoisotopic (exact) mass is 368 g/mol. The lowest BCUT2D eigenvalue weighted by molar-refractivity contribution is 1.02. The largest absolute Gasteiger partial charge is 0.389 e. The SMILES string of the molecule is NC(=S)c1ccc(Br)cc1NCCc1ccc(Cl)cc1. The van der Waals surface area contributed by atoms with E-state index in [-0.39, 0.29) is 0 Å². The van der Waals surface area contributed by atoms with E-state index in [1.54, 1.807) is 0 Å². The fourth-order valence-corrected chi connectivity index (χ4v) is 2.54. The topological polar surface area (TPSA) is 38.0 Å². The molecule has 104 valence electrons. The van der Waals surface area contributed by atoms with Crippen LogP contribution in [0.2, 0.25) is 5.02 Å². The highest BCUT2D eigenvalue weighted by Crippen LogP contribution is 2.21. The summed E-state index contributed by atoms with van der Waals surface area (Å²) in [5.74, 6) is 0. The molecule has 0 amide bonds. The average Bonchev–Trinajstić information content (AvgIpc) is 2.41. The van der Waals surface area contributed by atoms with E-state index < -0.39 is 0 Å². The fourth-order valence-electron chi connectivity index (χ4n) is 1.87. The van der Waals surface area contributed by atoms with Gasteiger partial charge in [-0.2, -0.15) is 0 Å². The quantitative estimate of drug-likeness (QED) is 0.768. The maximum absolute atomic E-state index is 5.87. The molecule has 5 heteroatoms. The minimum absolute atomic E-state index is 0.395. The van der Waals surface area contributed by atoms with E-state index in [4.69, 9.17) is 29.6 Å². The summed E-state index contributed by atoms with van der Waals surface area (Å²) in [6.45, 7) is 0.799. The Labute approximate surface area is 137 Å². The van der Waals surface area contributed by atoms with E-state index in [0.717, 1.165) is 33.7 Å². The van der Waals surface area contributed by atoms with Crippen molar-refractivity contribution in [1.82, 2.24) is 0 Å². The Morgan fingerprint density at radius 1 is 1.20 bits per heavy atom. The molecule has 0 bridgehead atoms. The van der Waals surface area contributed by atoms with Crippen molar-refractivity contribution in [2.45, 2.75) is 6.42 Å². The third-order valence-electron chi connectivity index (χ3n) is 2.89. The molecule has 20 heavy (non-hydrogen) atoms. The van der Waals surface area contributed by atoms with Gasteiger partial charge in [0, 0.05) is 27.3 Å². The Kier molecular flexibility index (Phi) is 5.40. The first-order valence-electron chi connectivity index (χ1n) is 6.14. The second-order valence-electron chi connectivity index (χ2n) is 4.36. The zero-order valence-corrected chi connectivity index (χ0v) is 13.9. The average molecular weight is 370 g/mol. The molecule has 0 aliphatic carbocycles. The van der Waals surface area contributed by atoms with E-state index in [0.29, 0.717) is 4.99 Å². The van der Waals surface area contributed by atoms with E-state index in [2.05, 4.69) is 21.2 Å². The smallest absolute Gasteiger partial charge is 0.106 e. The molecule has 2 aromatic rings. The molecule has 0 saturated carbocycles. The molecule has 2 nitrogen and oxygen atoms in total. The second-order valence-corrected chi connectivity index (χ2v) is 6.15. The summed E-state index contributed by atoms with van der Waals surface area (Å²) in [4.78, 5) is 0.395. The van der Waals surface area contributed by atoms with Crippen molar-refractivity contribution in [2.24, 2.45) is 5.73 Å². The van der Waals surface area contributed by atoms with Crippen LogP contribution < -0.4 is 11.1 Å². The molecule has 0 aliphatic heterocycles. The molecule has 0 saturated heterocycles. The van der Waals surface area contributed by atoms with Crippen molar-refractivity contribution in [1.29, 1.82) is 0 Å². The lowest BCUT2D eigenvalue weighted by Crippen LogP contribution is -2.14. The first-order valence-corrected chi connectivity index (χ1v) is 7.72. The minimum atomic E-state index is 0.395. The summed E-state index contributed by atoms with van der Waals surface area (Å²) in [5.41, 5.74) is 8.76. The number of thiocarbonyl (C=S) groups is 1. The highest BCUT2D eigenvalue weighted by Gasteiger charge is 2.05. The van der Waals surface area contributed by atoms with Gasteiger partial charge >= 0.3 is 0 Å². The van der Waals surface area contributed by atoms with Gasteiger partial charge in [-0.1, -0.05) is 51.9 Å². The van der Waals surface area contributed by atoms with E-state index >= 15 is 0 Å². The molecule has 2 rings (SSSR count). The van der Waals surface area contributed by atoms with Gasteiger partial charge in [0.15, 0.2) is 0 Å². The summed E-state index contributed by atoms with van der Waals surface area (Å²) in [7, 11) is 0. The third kappa shape index (κ3) is 4.20. The van der Waals surface area contributed by atoms with Crippen molar-refractivity contribution in [3.05, 3.63) is 63.1 Å². The van der Waals surface area contributed by atoms with Gasteiger partial charge in [-0.25, -0.2) is 0 Å². The van der Waals surface area contributed by atoms with Gasteiger partial charge in [-0.15, -0.1) is 0 Å². The fraction of sp³-hybridized carbons (Fsp3) is 0.133. The van der Waals surface area contributed by atoms with Crippen molar-refractivity contribution >= 4 is 50.4 Å². The van der Waals surface area contributed by atoms with E-state index in [9.17, 15) is 0 Å². The standard InChI is InChI=1S/C15H14BrClN2S/c16-11-3-6-13(15(18)20)14(9-11)19-8-7-10-1-4-12(17)5-2-10/h1-6,9,19H,7-8H2,(H2,18,20). The summed E-state index contributed by atoms with van der Waals surface area (Å²) < 4.78 is 0.992. The molecule has 0 unspecified atom stereocenters. The molecule has 0 spiro atoms. The van der Waals surface area contributed by atoms with Gasteiger partial charge in [-0.05, 0) is 42.3 Å². The van der Waals surface area contributed by atoms with Crippen molar-refractivity contribution < 1.29 is 0 Å². The Morgan fingerprint density at radius 3 is 2.55 bits per heavy atom. The maximum Gasteiger partial charge on any atom is 0.106 e. The van der Waals surface area contributed by atoms with Crippen molar-refractivity contribution in [3.63, 3.8) is 0 Å². The predicted octanol–water partition coefficient (Wildman–Crippen LogP) is 4.39. The van der Waals surface area contributed by atoms with Gasteiger partial charge in [0.05, 0.1) is 0 Å². The number of rotatable bonds is 5. The number of halogens is 2. The Bertz CT molecular complexity index is 614. The molecule has 3 N–H and O–H groups in total. The molecule has 0 radical (unpaired) electrons. The molecule has 0 heterocycles. The van der Waals surface area contributed by atoms with Crippen LogP contribution in [0, 0.1) is 0 Å². The van der Waals surface area contributed by atoms with E-state index in [1.165, 1.54) is 5.56 Å². The molecular weight excluding hydrogens is 356 g/mol. The van der Waals surface area contributed by atoms with Gasteiger partial charge in [0.1, 0.15) is 4.99 Å². The Morgan fingerprint density at radius 2 is 1.90 bits per heavy atom. The van der Waals surface area contributed by atoms with Crippen LogP contribution in [-0.4, -0.2) is 11.5 Å². The predicted molar refractivity (Wildman–Crippen MR) is 93.7 cm³/mol. The number of hydrogen-bond donors (Lipinski definition) is 2. The number of nitrogens with one attached hydrogen (secondary N) is 1. The summed E-state index contributed by atoms with van der Waals surface area (Å²) in [6, 6.07) is 13.7. The molecule has 0 aliphatic rings. The first kappa shape index (κ1) is 15.3. The van der Waals surface area contributed by atoms with Crippen LogP contribution in [0.3, 0.4) is 0 Å². The third-order valence-corrected chi connectivity index (χ3v) is 3.85. The number of hydrogen-bond acceptors (Lipinski definition) is 2. The van der Waals surface area contributed by atoms with Crippen LogP contribution in [0.4, 0.5) is 5.69 Å². The maximum atomic E-state index is 5.87. The lowest BCUT2D eigenvalue weighted by atomic mass is 10.1. The number of benzene rings is 2. The highest BCUT2D eigenvalue weighted by atomic mass is 79.9. The van der Waals surface area contributed by atoms with Gasteiger partial charge in [-0.3, -0.25) is 0 Å². The second kappa shape index (κ2) is 7.07. The molecule has 0 aromatic heterocycles. The molecule has 2 aromatic carbocycles. The highest BCUT2D eigenvalue weighted by molar-refractivity contribution is 9.10. The van der Waals surface area contributed by atoms with Crippen LogP contribution in [0.5, 0.6) is 0 Å². The zero-order valence-electron chi connectivity index (χ0n) is 10.7. The van der Waals surface area contributed by atoms with Crippen LogP contribution in [-0.2, 0) is 6.42 Å². The minimum Gasteiger partial charge on any atom is -0.389 e. The Balaban J connectivity index is 2.02. The normalized spacial score (nSPS) is 10.3. The van der Waals surface area contributed by atoms with Gasteiger partial charge in [0.25, 0.3) is 0 Å². The zero-order chi connectivity index (χ0) is 14.5. The number of anilines is 1. The summed E-state index contributed by atoms with van der Waals surface area (Å²) in [5, 5.41) is 4.12. The molecule has 0 atom stereocenters. The first-order chi connectivity index (χ1) is 9.56. The number of nitrogens with two attached hydrogens (primary N) is 1. The van der Waals surface area contributed by atoms with Crippen LogP contribution in [0.15, 0.2) is 46.9 Å². The van der Waals surface area contributed by atoms with E-state index in [1.807, 2.05) is 42.5 Å². The Hall–Kier alpha value is -1.10. The summed E-state index contributed by atoms with van der Waals surface area (Å²) in [6.07, 6.45) is 0.903. The lowest BCUT2D eigenvalue weighted by Gasteiger charge is -2.12.